The largest absolute Gasteiger partial charge is 0.386 e. The first kappa shape index (κ1) is 28.7. The lowest BCUT2D eigenvalue weighted by atomic mass is 9.86. The number of benzene rings is 2. The Hall–Kier alpha value is -2.33. The molecule has 10 heteroatoms. The van der Waals surface area contributed by atoms with Gasteiger partial charge in [0.15, 0.2) is 0 Å². The summed E-state index contributed by atoms with van der Waals surface area (Å²) >= 11 is 9.26. The Balaban J connectivity index is 1.38. The van der Waals surface area contributed by atoms with Crippen molar-refractivity contribution in [3.63, 3.8) is 0 Å². The van der Waals surface area contributed by atoms with Crippen molar-refractivity contribution in [3.8, 4) is 0 Å². The highest BCUT2D eigenvalue weighted by Gasteiger charge is 2.36. The molecule has 2 aromatic carbocycles. The van der Waals surface area contributed by atoms with Gasteiger partial charge in [0.2, 0.25) is 5.91 Å². The van der Waals surface area contributed by atoms with E-state index in [1.807, 2.05) is 24.3 Å². The molecule has 3 aromatic rings. The number of hydrogen-bond acceptors (Lipinski definition) is 5. The lowest BCUT2D eigenvalue weighted by Crippen LogP contribution is -2.35. The molecular weight excluding hydrogens is 575 g/mol. The van der Waals surface area contributed by atoms with Crippen LogP contribution in [0.4, 0.5) is 4.39 Å². The molecule has 0 radical (unpaired) electrons. The Bertz CT molecular complexity index is 1290. The van der Waals surface area contributed by atoms with Crippen LogP contribution in [0.5, 0.6) is 0 Å². The Labute approximate surface area is 235 Å². The summed E-state index contributed by atoms with van der Waals surface area (Å²) in [5.74, 6) is -0.722. The Morgan fingerprint density at radius 3 is 2.61 bits per heavy atom. The topological polar surface area (TPSA) is 91.5 Å². The van der Waals surface area contributed by atoms with Crippen LogP contribution in [0, 0.1) is 5.82 Å². The molecule has 1 aromatic heterocycles. The van der Waals surface area contributed by atoms with Crippen molar-refractivity contribution in [1.82, 2.24) is 19.9 Å². The number of nitrogens with zero attached hydrogens (tertiary/aromatic N) is 4. The number of rotatable bonds is 6. The molecule has 0 spiro atoms. The molecule has 4 rings (SSSR count). The van der Waals surface area contributed by atoms with E-state index in [9.17, 15) is 19.4 Å². The molecule has 38 heavy (non-hydrogen) atoms. The van der Waals surface area contributed by atoms with Crippen LogP contribution < -0.4 is 0 Å². The second kappa shape index (κ2) is 11.4. The van der Waals surface area contributed by atoms with Crippen molar-refractivity contribution < 1.29 is 19.4 Å². The smallest absolute Gasteiger partial charge is 0.227 e. The Kier molecular flexibility index (Phi) is 8.62. The van der Waals surface area contributed by atoms with Crippen LogP contribution in [0.15, 0.2) is 47.1 Å². The first-order chi connectivity index (χ1) is 17.9. The number of amides is 1. The lowest BCUT2D eigenvalue weighted by Gasteiger charge is -2.24. The SMILES string of the molecule is CC(C)(C)c1ccc(C(O)Cn2cc(C3(O)CCCN(C(=O)Cc4cc(Cl)c(Br)cc4F)CC3)nn2)cc1. The van der Waals surface area contributed by atoms with E-state index >= 15 is 0 Å². The number of halogens is 3. The van der Waals surface area contributed by atoms with Gasteiger partial charge in [0, 0.05) is 17.6 Å². The fraction of sp³-hybridized carbons (Fsp3) is 0.464. The average Bonchev–Trinajstić information content (AvgIpc) is 3.24. The highest BCUT2D eigenvalue weighted by Crippen LogP contribution is 2.32. The summed E-state index contributed by atoms with van der Waals surface area (Å²) in [6, 6.07) is 10.6. The van der Waals surface area contributed by atoms with Gasteiger partial charge in [0.25, 0.3) is 0 Å². The van der Waals surface area contributed by atoms with Gasteiger partial charge in [-0.3, -0.25) is 4.79 Å². The van der Waals surface area contributed by atoms with Gasteiger partial charge in [0.05, 0.1) is 30.3 Å². The maximum Gasteiger partial charge on any atom is 0.227 e. The van der Waals surface area contributed by atoms with Crippen molar-refractivity contribution in [2.75, 3.05) is 13.1 Å². The van der Waals surface area contributed by atoms with Gasteiger partial charge in [-0.05, 0) is 69.4 Å². The van der Waals surface area contributed by atoms with Gasteiger partial charge >= 0.3 is 0 Å². The van der Waals surface area contributed by atoms with Crippen LogP contribution in [-0.4, -0.2) is 49.1 Å². The molecule has 0 bridgehead atoms. The quantitative estimate of drug-likeness (QED) is 0.371. The number of aliphatic hydroxyl groups excluding tert-OH is 1. The molecule has 1 saturated heterocycles. The summed E-state index contributed by atoms with van der Waals surface area (Å²) in [5, 5.41) is 30.8. The number of aliphatic hydroxyl groups is 2. The molecule has 1 aliphatic rings. The minimum Gasteiger partial charge on any atom is -0.386 e. The molecule has 1 fully saturated rings. The number of likely N-dealkylation sites (tertiary alicyclic amines) is 1. The molecule has 2 N–H and O–H groups in total. The van der Waals surface area contributed by atoms with E-state index in [1.165, 1.54) is 22.4 Å². The maximum absolute atomic E-state index is 14.3. The first-order valence-corrected chi connectivity index (χ1v) is 13.9. The zero-order valence-electron chi connectivity index (χ0n) is 21.8. The van der Waals surface area contributed by atoms with E-state index in [-0.39, 0.29) is 36.3 Å². The summed E-state index contributed by atoms with van der Waals surface area (Å²) in [6.07, 6.45) is 2.01. The van der Waals surface area contributed by atoms with E-state index in [1.54, 1.807) is 11.1 Å². The second-order valence-electron chi connectivity index (χ2n) is 11.0. The molecule has 7 nitrogen and oxygen atoms in total. The van der Waals surface area contributed by atoms with Crippen molar-refractivity contribution in [2.45, 2.75) is 70.1 Å². The molecule has 2 atom stereocenters. The minimum absolute atomic E-state index is 0.0293. The van der Waals surface area contributed by atoms with Crippen LogP contribution in [0.2, 0.25) is 5.02 Å². The average molecular weight is 608 g/mol. The van der Waals surface area contributed by atoms with Crippen molar-refractivity contribution >= 4 is 33.4 Å². The molecule has 2 unspecified atom stereocenters. The second-order valence-corrected chi connectivity index (χ2v) is 12.3. The Morgan fingerprint density at radius 2 is 1.92 bits per heavy atom. The standard InChI is InChI=1S/C28H33BrClFN4O3/c1-27(2,3)20-7-5-18(6-8-20)24(36)16-35-17-25(32-33-35)28(38)9-4-11-34(12-10-28)26(37)14-19-13-22(30)21(29)15-23(19)31/h5-8,13,15,17,24,36,38H,4,9-12,14,16H2,1-3H3. The lowest BCUT2D eigenvalue weighted by molar-refractivity contribution is -0.130. The van der Waals surface area contributed by atoms with Crippen LogP contribution in [-0.2, 0) is 28.8 Å². The third kappa shape index (κ3) is 6.62. The summed E-state index contributed by atoms with van der Waals surface area (Å²) in [6.45, 7) is 7.37. The van der Waals surface area contributed by atoms with Crippen LogP contribution >= 0.6 is 27.5 Å². The molecule has 2 heterocycles. The fourth-order valence-corrected chi connectivity index (χ4v) is 5.19. The number of carbonyl (C=O) groups excluding carboxylic acids is 1. The van der Waals surface area contributed by atoms with Crippen molar-refractivity contribution in [3.05, 3.63) is 80.3 Å². The molecule has 1 amide bonds. The monoisotopic (exact) mass is 606 g/mol. The predicted octanol–water partition coefficient (Wildman–Crippen LogP) is 5.31. The van der Waals surface area contributed by atoms with E-state index in [4.69, 9.17) is 11.6 Å². The number of aromatic nitrogens is 3. The highest BCUT2D eigenvalue weighted by molar-refractivity contribution is 9.10. The summed E-state index contributed by atoms with van der Waals surface area (Å²) in [5.41, 5.74) is 1.39. The molecule has 0 aliphatic carbocycles. The first-order valence-electron chi connectivity index (χ1n) is 12.7. The van der Waals surface area contributed by atoms with Crippen molar-refractivity contribution in [2.24, 2.45) is 0 Å². The van der Waals surface area contributed by atoms with Gasteiger partial charge in [-0.25, -0.2) is 9.07 Å². The third-order valence-corrected chi connectivity index (χ3v) is 8.33. The molecule has 0 saturated carbocycles. The van der Waals surface area contributed by atoms with E-state index < -0.39 is 17.5 Å². The number of carbonyl (C=O) groups is 1. The van der Waals surface area contributed by atoms with Gasteiger partial charge in [-0.15, -0.1) is 5.10 Å². The van der Waals surface area contributed by atoms with Crippen molar-refractivity contribution in [1.29, 1.82) is 0 Å². The van der Waals surface area contributed by atoms with Gasteiger partial charge in [-0.1, -0.05) is 61.9 Å². The normalized spacial score (nSPS) is 19.3. The zero-order valence-corrected chi connectivity index (χ0v) is 24.1. The van der Waals surface area contributed by atoms with Crippen LogP contribution in [0.1, 0.15) is 68.5 Å². The number of hydrogen-bond donors (Lipinski definition) is 2. The van der Waals surface area contributed by atoms with Crippen LogP contribution in [0.3, 0.4) is 0 Å². The summed E-state index contributed by atoms with van der Waals surface area (Å²) < 4.78 is 16.3. The molecular formula is C28H33BrClFN4O3. The van der Waals surface area contributed by atoms with Gasteiger partial charge < -0.3 is 15.1 Å². The van der Waals surface area contributed by atoms with E-state index in [0.29, 0.717) is 41.1 Å². The van der Waals surface area contributed by atoms with E-state index in [0.717, 1.165) is 5.56 Å². The molecule has 204 valence electrons. The third-order valence-electron chi connectivity index (χ3n) is 7.13. The summed E-state index contributed by atoms with van der Waals surface area (Å²) in [4.78, 5) is 14.6. The minimum atomic E-state index is -1.25. The van der Waals surface area contributed by atoms with Gasteiger partial charge in [0.1, 0.15) is 17.1 Å². The zero-order chi connectivity index (χ0) is 27.7. The van der Waals surface area contributed by atoms with Gasteiger partial charge in [-0.2, -0.15) is 0 Å². The highest BCUT2D eigenvalue weighted by atomic mass is 79.9. The maximum atomic E-state index is 14.3. The Morgan fingerprint density at radius 1 is 1.21 bits per heavy atom. The summed E-state index contributed by atoms with van der Waals surface area (Å²) in [7, 11) is 0. The van der Waals surface area contributed by atoms with E-state index in [2.05, 4.69) is 47.0 Å². The van der Waals surface area contributed by atoms with Crippen LogP contribution in [0.25, 0.3) is 0 Å². The predicted molar refractivity (Wildman–Crippen MR) is 147 cm³/mol. The molecule has 1 aliphatic heterocycles. The fourth-order valence-electron chi connectivity index (χ4n) is 4.69.